The lowest BCUT2D eigenvalue weighted by atomic mass is 9.84. The molecule has 25 heavy (non-hydrogen) atoms. The number of carboxylic acid groups (broad SMARTS) is 1. The first-order valence-corrected chi connectivity index (χ1v) is 9.37. The second-order valence-corrected chi connectivity index (χ2v) is 7.64. The molecule has 4 rings (SSSR count). The highest BCUT2D eigenvalue weighted by Crippen LogP contribution is 2.40. The highest BCUT2D eigenvalue weighted by Gasteiger charge is 2.48. The van der Waals surface area contributed by atoms with Crippen LogP contribution in [0.5, 0.6) is 0 Å². The third-order valence-electron chi connectivity index (χ3n) is 6.18. The van der Waals surface area contributed by atoms with Crippen molar-refractivity contribution in [3.05, 3.63) is 33.2 Å². The van der Waals surface area contributed by atoms with Gasteiger partial charge in [0.25, 0.3) is 11.5 Å². The Bertz CT molecular complexity index is 769. The predicted octanol–water partition coefficient (Wildman–Crippen LogP) is 2.11. The molecule has 0 spiro atoms. The van der Waals surface area contributed by atoms with E-state index in [2.05, 4.69) is 4.98 Å². The summed E-state index contributed by atoms with van der Waals surface area (Å²) >= 11 is 0. The number of aliphatic carboxylic acids is 1. The summed E-state index contributed by atoms with van der Waals surface area (Å²) in [6, 6.07) is 0.860. The van der Waals surface area contributed by atoms with Gasteiger partial charge in [-0.3, -0.25) is 9.59 Å². The quantitative estimate of drug-likeness (QED) is 0.860. The molecule has 1 aromatic rings. The van der Waals surface area contributed by atoms with Gasteiger partial charge in [0.2, 0.25) is 0 Å². The van der Waals surface area contributed by atoms with Crippen LogP contribution in [-0.2, 0) is 17.6 Å². The molecule has 6 nitrogen and oxygen atoms in total. The first-order valence-electron chi connectivity index (χ1n) is 9.37. The third-order valence-corrected chi connectivity index (χ3v) is 6.18. The third kappa shape index (κ3) is 2.77. The molecule has 1 saturated carbocycles. The number of rotatable bonds is 2. The monoisotopic (exact) mass is 344 g/mol. The van der Waals surface area contributed by atoms with Crippen LogP contribution in [0.1, 0.15) is 66.6 Å². The van der Waals surface area contributed by atoms with Crippen molar-refractivity contribution in [2.75, 3.05) is 0 Å². The van der Waals surface area contributed by atoms with E-state index < -0.39 is 17.9 Å². The van der Waals surface area contributed by atoms with E-state index in [1.165, 1.54) is 4.90 Å². The van der Waals surface area contributed by atoms with Gasteiger partial charge in [-0.05, 0) is 62.5 Å². The number of nitrogens with one attached hydrogen (secondary N) is 1. The Kier molecular flexibility index (Phi) is 4.13. The lowest BCUT2D eigenvalue weighted by molar-refractivity contribution is -0.141. The molecular weight excluding hydrogens is 320 g/mol. The maximum absolute atomic E-state index is 13.2. The van der Waals surface area contributed by atoms with Gasteiger partial charge in [0.05, 0.1) is 0 Å². The molecule has 2 aliphatic carbocycles. The van der Waals surface area contributed by atoms with E-state index >= 15 is 0 Å². The summed E-state index contributed by atoms with van der Waals surface area (Å²) in [4.78, 5) is 41.7. The maximum atomic E-state index is 13.2. The fourth-order valence-corrected chi connectivity index (χ4v) is 4.95. The SMILES string of the molecule is O=C(O)C1CC2CCCCC2N1C(=O)c1cc2c([nH]c1=O)CCCC2. The molecule has 0 aromatic carbocycles. The number of hydrogen-bond acceptors (Lipinski definition) is 3. The van der Waals surface area contributed by atoms with Crippen molar-refractivity contribution in [3.8, 4) is 0 Å². The summed E-state index contributed by atoms with van der Waals surface area (Å²) in [6.07, 6.45) is 8.22. The molecule has 3 unspecified atom stereocenters. The molecule has 134 valence electrons. The van der Waals surface area contributed by atoms with Crippen LogP contribution in [-0.4, -0.2) is 39.0 Å². The fraction of sp³-hybridized carbons (Fsp3) is 0.632. The van der Waals surface area contributed by atoms with Crippen molar-refractivity contribution in [2.24, 2.45) is 5.92 Å². The Morgan fingerprint density at radius 2 is 1.88 bits per heavy atom. The van der Waals surface area contributed by atoms with E-state index in [1.807, 2.05) is 0 Å². The number of carbonyl (C=O) groups excluding carboxylic acids is 1. The van der Waals surface area contributed by atoms with E-state index in [9.17, 15) is 19.5 Å². The van der Waals surface area contributed by atoms with Gasteiger partial charge in [-0.2, -0.15) is 0 Å². The van der Waals surface area contributed by atoms with Crippen molar-refractivity contribution in [1.82, 2.24) is 9.88 Å². The number of likely N-dealkylation sites (tertiary alicyclic amines) is 1. The van der Waals surface area contributed by atoms with Crippen LogP contribution in [0.25, 0.3) is 0 Å². The maximum Gasteiger partial charge on any atom is 0.326 e. The number of aromatic nitrogens is 1. The van der Waals surface area contributed by atoms with Gasteiger partial charge >= 0.3 is 5.97 Å². The van der Waals surface area contributed by atoms with Crippen LogP contribution in [0.3, 0.4) is 0 Å². The number of carbonyl (C=O) groups is 2. The van der Waals surface area contributed by atoms with Gasteiger partial charge in [0.15, 0.2) is 0 Å². The number of fused-ring (bicyclic) bond motifs is 2. The Hall–Kier alpha value is -2.11. The van der Waals surface area contributed by atoms with Crippen molar-refractivity contribution in [1.29, 1.82) is 0 Å². The average Bonchev–Trinajstić information content (AvgIpc) is 3.00. The van der Waals surface area contributed by atoms with E-state index in [1.54, 1.807) is 6.07 Å². The lowest BCUT2D eigenvalue weighted by Gasteiger charge is -2.33. The second kappa shape index (κ2) is 6.32. The first kappa shape index (κ1) is 16.4. The van der Waals surface area contributed by atoms with Crippen LogP contribution in [0.2, 0.25) is 0 Å². The molecule has 3 atom stereocenters. The first-order chi connectivity index (χ1) is 12.1. The largest absolute Gasteiger partial charge is 0.480 e. The minimum absolute atomic E-state index is 0.0437. The summed E-state index contributed by atoms with van der Waals surface area (Å²) in [6.45, 7) is 0. The molecule has 1 saturated heterocycles. The average molecular weight is 344 g/mol. The molecular formula is C19H24N2O4. The smallest absolute Gasteiger partial charge is 0.326 e. The van der Waals surface area contributed by atoms with Gasteiger partial charge in [-0.25, -0.2) is 4.79 Å². The van der Waals surface area contributed by atoms with Gasteiger partial charge in [-0.15, -0.1) is 0 Å². The molecule has 2 N–H and O–H groups in total. The summed E-state index contributed by atoms with van der Waals surface area (Å²) < 4.78 is 0. The normalized spacial score (nSPS) is 28.3. The Balaban J connectivity index is 1.71. The summed E-state index contributed by atoms with van der Waals surface area (Å²) in [5.74, 6) is -1.12. The Labute approximate surface area is 146 Å². The Morgan fingerprint density at radius 1 is 1.12 bits per heavy atom. The fourth-order valence-electron chi connectivity index (χ4n) is 4.95. The number of hydrogen-bond donors (Lipinski definition) is 2. The van der Waals surface area contributed by atoms with Crippen LogP contribution in [0.4, 0.5) is 0 Å². The molecule has 0 radical (unpaired) electrons. The zero-order valence-electron chi connectivity index (χ0n) is 14.3. The number of carboxylic acids is 1. The van der Waals surface area contributed by atoms with Crippen LogP contribution in [0, 0.1) is 5.92 Å². The molecule has 0 bridgehead atoms. The lowest BCUT2D eigenvalue weighted by Crippen LogP contribution is -2.47. The zero-order valence-corrected chi connectivity index (χ0v) is 14.3. The van der Waals surface area contributed by atoms with Crippen molar-refractivity contribution in [3.63, 3.8) is 0 Å². The standard InChI is InChI=1S/C19H24N2O4/c22-17-13(9-11-5-1-3-7-14(11)20-17)18(23)21-15-8-4-2-6-12(15)10-16(21)19(24)25/h9,12,15-16H,1-8,10H2,(H,20,22)(H,24,25). The number of aromatic amines is 1. The highest BCUT2D eigenvalue weighted by atomic mass is 16.4. The molecule has 2 fully saturated rings. The Morgan fingerprint density at radius 3 is 2.68 bits per heavy atom. The van der Waals surface area contributed by atoms with Crippen LogP contribution < -0.4 is 5.56 Å². The van der Waals surface area contributed by atoms with E-state index in [0.29, 0.717) is 6.42 Å². The molecule has 2 heterocycles. The predicted molar refractivity (Wildman–Crippen MR) is 91.7 cm³/mol. The van der Waals surface area contributed by atoms with E-state index in [-0.39, 0.29) is 23.1 Å². The second-order valence-electron chi connectivity index (χ2n) is 7.64. The van der Waals surface area contributed by atoms with E-state index in [4.69, 9.17) is 0 Å². The minimum Gasteiger partial charge on any atom is -0.480 e. The number of aryl methyl sites for hydroxylation is 2. The molecule has 1 aliphatic heterocycles. The van der Waals surface area contributed by atoms with Crippen molar-refractivity contribution >= 4 is 11.9 Å². The topological polar surface area (TPSA) is 90.5 Å². The van der Waals surface area contributed by atoms with Crippen LogP contribution in [0.15, 0.2) is 10.9 Å². The molecule has 6 heteroatoms. The summed E-state index contributed by atoms with van der Waals surface area (Å²) in [7, 11) is 0. The summed E-state index contributed by atoms with van der Waals surface area (Å²) in [5.41, 5.74) is 1.69. The number of pyridine rings is 1. The van der Waals surface area contributed by atoms with Crippen molar-refractivity contribution in [2.45, 2.75) is 69.9 Å². The van der Waals surface area contributed by atoms with Gasteiger partial charge < -0.3 is 15.0 Å². The zero-order chi connectivity index (χ0) is 17.6. The highest BCUT2D eigenvalue weighted by molar-refractivity contribution is 5.97. The molecule has 3 aliphatic rings. The number of H-pyrrole nitrogens is 1. The van der Waals surface area contributed by atoms with Crippen molar-refractivity contribution < 1.29 is 14.7 Å². The molecule has 1 aromatic heterocycles. The van der Waals surface area contributed by atoms with Gasteiger partial charge in [0.1, 0.15) is 11.6 Å². The number of amides is 1. The van der Waals surface area contributed by atoms with Gasteiger partial charge in [0, 0.05) is 11.7 Å². The number of nitrogens with zero attached hydrogens (tertiary/aromatic N) is 1. The molecule has 1 amide bonds. The summed E-state index contributed by atoms with van der Waals surface area (Å²) in [5, 5.41) is 9.61. The van der Waals surface area contributed by atoms with Crippen LogP contribution >= 0.6 is 0 Å². The van der Waals surface area contributed by atoms with E-state index in [0.717, 1.165) is 62.6 Å². The van der Waals surface area contributed by atoms with Gasteiger partial charge in [-0.1, -0.05) is 12.8 Å². The minimum atomic E-state index is -0.961.